The number of halogens is 1. The molecular weight excluding hydrogens is 395 g/mol. The molecule has 0 radical (unpaired) electrons. The molecule has 2 amide bonds. The summed E-state index contributed by atoms with van der Waals surface area (Å²) in [4.78, 5) is 25.9. The van der Waals surface area contributed by atoms with E-state index < -0.39 is 5.91 Å². The number of anilines is 1. The van der Waals surface area contributed by atoms with E-state index in [1.165, 1.54) is 41.3 Å². The van der Waals surface area contributed by atoms with Crippen LogP contribution < -0.4 is 11.1 Å². The van der Waals surface area contributed by atoms with Gasteiger partial charge in [-0.3, -0.25) is 9.59 Å². The number of thioether (sulfide) groups is 1. The Kier molecular flexibility index (Phi) is 6.62. The Morgan fingerprint density at radius 2 is 1.82 bits per heavy atom. The molecule has 0 aliphatic carbocycles. The first-order valence-corrected chi connectivity index (χ1v) is 10.2. The first-order chi connectivity index (χ1) is 13.5. The lowest BCUT2D eigenvalue weighted by Crippen LogP contribution is -2.13. The number of nitrogens with two attached hydrogens (primary N) is 1. The van der Waals surface area contributed by atoms with Crippen LogP contribution in [0.2, 0.25) is 0 Å². The fourth-order valence-corrected chi connectivity index (χ4v) is 4.05. The maximum absolute atomic E-state index is 13.0. The second-order valence-corrected chi connectivity index (χ2v) is 7.92. The molecule has 3 rings (SSSR count). The highest BCUT2D eigenvalue weighted by atomic mass is 32.2. The van der Waals surface area contributed by atoms with Crippen molar-refractivity contribution < 1.29 is 14.0 Å². The Morgan fingerprint density at radius 3 is 2.57 bits per heavy atom. The van der Waals surface area contributed by atoms with Gasteiger partial charge in [-0.25, -0.2) is 4.39 Å². The monoisotopic (exact) mass is 412 g/mol. The number of benzene rings is 2. The van der Waals surface area contributed by atoms with Crippen molar-refractivity contribution in [2.24, 2.45) is 5.73 Å². The minimum atomic E-state index is -0.416. The van der Waals surface area contributed by atoms with Crippen molar-refractivity contribution in [3.05, 3.63) is 77.4 Å². The van der Waals surface area contributed by atoms with Gasteiger partial charge in [0.15, 0.2) is 0 Å². The van der Waals surface area contributed by atoms with Crippen LogP contribution in [0.25, 0.3) is 16.5 Å². The van der Waals surface area contributed by atoms with Crippen LogP contribution >= 0.6 is 23.1 Å². The van der Waals surface area contributed by atoms with Crippen molar-refractivity contribution in [2.75, 3.05) is 11.1 Å². The van der Waals surface area contributed by atoms with Crippen LogP contribution in [0, 0.1) is 5.82 Å². The van der Waals surface area contributed by atoms with Crippen LogP contribution in [0.1, 0.15) is 4.88 Å². The zero-order valence-electron chi connectivity index (χ0n) is 14.7. The smallest absolute Gasteiger partial charge is 0.248 e. The molecule has 1 aromatic heterocycles. The molecule has 3 N–H and O–H groups in total. The van der Waals surface area contributed by atoms with Gasteiger partial charge in [-0.1, -0.05) is 24.3 Å². The third-order valence-electron chi connectivity index (χ3n) is 3.67. The van der Waals surface area contributed by atoms with Crippen LogP contribution in [-0.4, -0.2) is 17.6 Å². The molecule has 142 valence electrons. The minimum absolute atomic E-state index is 0.143. The van der Waals surface area contributed by atoms with Gasteiger partial charge in [0.05, 0.1) is 11.4 Å². The molecule has 2 aromatic carbocycles. The van der Waals surface area contributed by atoms with Crippen molar-refractivity contribution in [1.29, 1.82) is 0 Å². The Hall–Kier alpha value is -2.90. The van der Waals surface area contributed by atoms with E-state index in [0.717, 1.165) is 20.2 Å². The topological polar surface area (TPSA) is 72.2 Å². The van der Waals surface area contributed by atoms with Crippen LogP contribution in [0.3, 0.4) is 0 Å². The number of carbonyl (C=O) groups is 2. The van der Waals surface area contributed by atoms with Crippen molar-refractivity contribution in [2.45, 2.75) is 4.90 Å². The summed E-state index contributed by atoms with van der Waals surface area (Å²) in [6, 6.07) is 17.4. The third kappa shape index (κ3) is 5.55. The molecule has 0 aliphatic heterocycles. The first-order valence-electron chi connectivity index (χ1n) is 8.36. The molecule has 4 nitrogen and oxygen atoms in total. The van der Waals surface area contributed by atoms with E-state index >= 15 is 0 Å². The summed E-state index contributed by atoms with van der Waals surface area (Å²) in [7, 11) is 0. The number of primary amides is 1. The quantitative estimate of drug-likeness (QED) is 0.433. The molecule has 0 saturated carbocycles. The highest BCUT2D eigenvalue weighted by molar-refractivity contribution is 8.00. The first kappa shape index (κ1) is 19.9. The molecule has 0 fully saturated rings. The second kappa shape index (κ2) is 9.34. The van der Waals surface area contributed by atoms with Gasteiger partial charge in [-0.2, -0.15) is 0 Å². The molecule has 0 atom stereocenters. The number of amides is 2. The minimum Gasteiger partial charge on any atom is -0.369 e. The van der Waals surface area contributed by atoms with Crippen LogP contribution in [-0.2, 0) is 9.59 Å². The van der Waals surface area contributed by atoms with Gasteiger partial charge >= 0.3 is 0 Å². The van der Waals surface area contributed by atoms with Crippen molar-refractivity contribution in [3.63, 3.8) is 0 Å². The van der Waals surface area contributed by atoms with Crippen LogP contribution in [0.5, 0.6) is 0 Å². The Labute approximate surface area is 170 Å². The van der Waals surface area contributed by atoms with Gasteiger partial charge in [-0.05, 0) is 48.0 Å². The molecule has 7 heteroatoms. The maximum atomic E-state index is 13.0. The summed E-state index contributed by atoms with van der Waals surface area (Å²) in [5.41, 5.74) is 6.73. The van der Waals surface area contributed by atoms with Crippen molar-refractivity contribution in [1.82, 2.24) is 0 Å². The predicted octanol–water partition coefficient (Wildman–Crippen LogP) is 4.78. The lowest BCUT2D eigenvalue weighted by Gasteiger charge is -2.08. The third-order valence-corrected chi connectivity index (χ3v) is 5.86. The molecule has 3 aromatic rings. The van der Waals surface area contributed by atoms with E-state index in [4.69, 9.17) is 5.73 Å². The Balaban J connectivity index is 1.65. The Bertz CT molecular complexity index is 1010. The van der Waals surface area contributed by atoms with Gasteiger partial charge < -0.3 is 11.1 Å². The number of hydrogen-bond acceptors (Lipinski definition) is 4. The molecule has 0 bridgehead atoms. The number of nitrogens with one attached hydrogen (secondary N) is 1. The lowest BCUT2D eigenvalue weighted by atomic mass is 10.2. The molecule has 0 aliphatic rings. The van der Waals surface area contributed by atoms with E-state index in [1.807, 2.05) is 30.3 Å². The van der Waals surface area contributed by atoms with E-state index in [0.29, 0.717) is 5.69 Å². The van der Waals surface area contributed by atoms with Crippen LogP contribution in [0.15, 0.2) is 71.6 Å². The fourth-order valence-electron chi connectivity index (χ4n) is 2.39. The van der Waals surface area contributed by atoms with Gasteiger partial charge in [0.2, 0.25) is 11.8 Å². The largest absolute Gasteiger partial charge is 0.369 e. The normalized spacial score (nSPS) is 10.9. The molecule has 28 heavy (non-hydrogen) atoms. The summed E-state index contributed by atoms with van der Waals surface area (Å²) >= 11 is 2.79. The van der Waals surface area contributed by atoms with E-state index in [2.05, 4.69) is 5.32 Å². The highest BCUT2D eigenvalue weighted by Crippen LogP contribution is 2.29. The zero-order valence-corrected chi connectivity index (χ0v) is 16.4. The SMILES string of the molecule is NC(=O)CSc1ccccc1NC(=O)C=Cc1ccc(-c2ccc(F)cc2)s1. The fraction of sp³-hybridized carbons (Fsp3) is 0.0476. The summed E-state index contributed by atoms with van der Waals surface area (Å²) in [6.07, 6.45) is 3.18. The average Bonchev–Trinajstić information content (AvgIpc) is 3.15. The van der Waals surface area contributed by atoms with Gasteiger partial charge in [0, 0.05) is 20.7 Å². The van der Waals surface area contributed by atoms with E-state index in [1.54, 1.807) is 24.3 Å². The highest BCUT2D eigenvalue weighted by Gasteiger charge is 2.07. The standard InChI is InChI=1S/C21H17FN2O2S2/c22-15-7-5-14(6-8-15)18-11-9-16(28-18)10-12-21(26)24-17-3-1-2-4-19(17)27-13-20(23)25/h1-12H,13H2,(H2,23,25)(H,24,26). The van der Waals surface area contributed by atoms with Gasteiger partial charge in [-0.15, -0.1) is 23.1 Å². The van der Waals surface area contributed by atoms with Crippen molar-refractivity contribution >= 4 is 46.7 Å². The summed E-state index contributed by atoms with van der Waals surface area (Å²) in [6.45, 7) is 0. The summed E-state index contributed by atoms with van der Waals surface area (Å²) in [5.74, 6) is -0.819. The molecule has 0 unspecified atom stereocenters. The number of thiophene rings is 1. The predicted molar refractivity (Wildman–Crippen MR) is 114 cm³/mol. The zero-order chi connectivity index (χ0) is 19.9. The molecule has 0 spiro atoms. The number of carbonyl (C=O) groups excluding carboxylic acids is 2. The second-order valence-electron chi connectivity index (χ2n) is 5.78. The average molecular weight is 413 g/mol. The van der Waals surface area contributed by atoms with Gasteiger partial charge in [0.25, 0.3) is 0 Å². The van der Waals surface area contributed by atoms with Crippen molar-refractivity contribution in [3.8, 4) is 10.4 Å². The maximum Gasteiger partial charge on any atom is 0.248 e. The molecular formula is C21H17FN2O2S2. The number of hydrogen-bond donors (Lipinski definition) is 2. The summed E-state index contributed by atoms with van der Waals surface area (Å²) in [5, 5.41) is 2.81. The molecule has 1 heterocycles. The lowest BCUT2D eigenvalue weighted by molar-refractivity contribution is -0.115. The van der Waals surface area contributed by atoms with Gasteiger partial charge in [0.1, 0.15) is 5.82 Å². The van der Waals surface area contributed by atoms with E-state index in [-0.39, 0.29) is 17.5 Å². The molecule has 0 saturated heterocycles. The van der Waals surface area contributed by atoms with E-state index in [9.17, 15) is 14.0 Å². The number of para-hydroxylation sites is 1. The Morgan fingerprint density at radius 1 is 1.07 bits per heavy atom. The summed E-state index contributed by atoms with van der Waals surface area (Å²) < 4.78 is 13.0. The van der Waals surface area contributed by atoms with Crippen LogP contribution in [0.4, 0.5) is 10.1 Å². The number of rotatable bonds is 7.